The molecule has 0 bridgehead atoms. The van der Waals surface area contributed by atoms with Crippen LogP contribution in [-0.2, 0) is 17.9 Å². The second-order valence-electron chi connectivity index (χ2n) is 5.33. The Kier molecular flexibility index (Phi) is 5.20. The van der Waals surface area contributed by atoms with Crippen molar-refractivity contribution in [2.75, 3.05) is 0 Å². The van der Waals surface area contributed by atoms with Crippen LogP contribution >= 0.6 is 11.6 Å². The molecule has 0 atom stereocenters. The Labute approximate surface area is 149 Å². The Balaban J connectivity index is 1.74. The lowest BCUT2D eigenvalue weighted by Gasteiger charge is -2.09. The summed E-state index contributed by atoms with van der Waals surface area (Å²) in [5, 5.41) is 7.53. The summed E-state index contributed by atoms with van der Waals surface area (Å²) in [6, 6.07) is 13.8. The average molecular weight is 355 g/mol. The van der Waals surface area contributed by atoms with Crippen LogP contribution in [0.2, 0.25) is 5.02 Å². The molecule has 1 amide bonds. The van der Waals surface area contributed by atoms with E-state index in [1.54, 1.807) is 24.5 Å². The Hall–Kier alpha value is -2.99. The van der Waals surface area contributed by atoms with Crippen LogP contribution in [0.25, 0.3) is 11.3 Å². The van der Waals surface area contributed by atoms with Crippen molar-refractivity contribution in [3.05, 3.63) is 81.9 Å². The van der Waals surface area contributed by atoms with Gasteiger partial charge in [-0.2, -0.15) is 5.10 Å². The van der Waals surface area contributed by atoms with Crippen molar-refractivity contribution in [1.82, 2.24) is 20.1 Å². The van der Waals surface area contributed by atoms with Crippen molar-refractivity contribution in [3.8, 4) is 11.3 Å². The maximum atomic E-state index is 12.1. The minimum atomic E-state index is -0.352. The average Bonchev–Trinajstić information content (AvgIpc) is 2.63. The number of carbonyl (C=O) groups is 1. The molecule has 2 aromatic heterocycles. The summed E-state index contributed by atoms with van der Waals surface area (Å²) >= 11 is 6.16. The topological polar surface area (TPSA) is 76.9 Å². The van der Waals surface area contributed by atoms with E-state index in [1.807, 2.05) is 30.3 Å². The molecule has 126 valence electrons. The molecule has 0 aliphatic heterocycles. The fraction of sp³-hybridized carbons (Fsp3) is 0.111. The van der Waals surface area contributed by atoms with Gasteiger partial charge in [-0.25, -0.2) is 4.68 Å². The molecule has 6 nitrogen and oxygen atoms in total. The van der Waals surface area contributed by atoms with Crippen LogP contribution in [0.1, 0.15) is 5.56 Å². The van der Waals surface area contributed by atoms with Gasteiger partial charge in [-0.1, -0.05) is 29.8 Å². The van der Waals surface area contributed by atoms with Gasteiger partial charge in [0.15, 0.2) is 0 Å². The van der Waals surface area contributed by atoms with E-state index >= 15 is 0 Å². The third kappa shape index (κ3) is 4.30. The number of rotatable bonds is 5. The van der Waals surface area contributed by atoms with Crippen molar-refractivity contribution in [1.29, 1.82) is 0 Å². The van der Waals surface area contributed by atoms with Crippen molar-refractivity contribution in [2.24, 2.45) is 0 Å². The molecule has 2 heterocycles. The maximum Gasteiger partial charge on any atom is 0.267 e. The summed E-state index contributed by atoms with van der Waals surface area (Å²) in [6.45, 7) is 0.197. The van der Waals surface area contributed by atoms with Crippen LogP contribution in [0.5, 0.6) is 0 Å². The lowest BCUT2D eigenvalue weighted by molar-refractivity contribution is -0.122. The third-order valence-electron chi connectivity index (χ3n) is 3.55. The summed E-state index contributed by atoms with van der Waals surface area (Å²) < 4.78 is 1.13. The van der Waals surface area contributed by atoms with E-state index in [-0.39, 0.29) is 18.0 Å². The second-order valence-corrected chi connectivity index (χ2v) is 5.73. The summed E-state index contributed by atoms with van der Waals surface area (Å²) in [7, 11) is 0. The van der Waals surface area contributed by atoms with Crippen LogP contribution < -0.4 is 10.9 Å². The normalized spacial score (nSPS) is 10.4. The number of nitrogens with zero attached hydrogens (tertiary/aromatic N) is 3. The van der Waals surface area contributed by atoms with Crippen LogP contribution in [0.3, 0.4) is 0 Å². The molecule has 7 heteroatoms. The number of halogens is 1. The smallest absolute Gasteiger partial charge is 0.267 e. The van der Waals surface area contributed by atoms with Gasteiger partial charge in [-0.05, 0) is 29.8 Å². The number of amides is 1. The molecule has 0 unspecified atom stereocenters. The molecule has 0 spiro atoms. The first-order valence-electron chi connectivity index (χ1n) is 7.62. The zero-order valence-electron chi connectivity index (χ0n) is 13.2. The monoisotopic (exact) mass is 354 g/mol. The maximum absolute atomic E-state index is 12.1. The van der Waals surface area contributed by atoms with E-state index in [0.717, 1.165) is 10.2 Å². The van der Waals surface area contributed by atoms with Gasteiger partial charge >= 0.3 is 0 Å². The molecule has 0 saturated heterocycles. The predicted octanol–water partition coefficient (Wildman–Crippen LogP) is 2.28. The SMILES string of the molecule is O=C(Cn1nc(-c2ccccc2Cl)ccc1=O)NCc1ccncc1. The number of pyridine rings is 1. The molecule has 3 aromatic rings. The Morgan fingerprint density at radius 3 is 2.60 bits per heavy atom. The van der Waals surface area contributed by atoms with Crippen LogP contribution in [0, 0.1) is 0 Å². The van der Waals surface area contributed by atoms with Gasteiger partial charge < -0.3 is 5.32 Å². The largest absolute Gasteiger partial charge is 0.350 e. The highest BCUT2D eigenvalue weighted by molar-refractivity contribution is 6.33. The van der Waals surface area contributed by atoms with Crippen LogP contribution in [0.15, 0.2) is 65.7 Å². The van der Waals surface area contributed by atoms with Gasteiger partial charge in [-0.3, -0.25) is 14.6 Å². The molecule has 0 aliphatic rings. The van der Waals surface area contributed by atoms with E-state index in [1.165, 1.54) is 6.07 Å². The zero-order valence-corrected chi connectivity index (χ0v) is 14.0. The van der Waals surface area contributed by atoms with Gasteiger partial charge in [0.25, 0.3) is 5.56 Å². The molecule has 3 rings (SSSR count). The van der Waals surface area contributed by atoms with Crippen molar-refractivity contribution < 1.29 is 4.79 Å². The molecule has 1 N–H and O–H groups in total. The lowest BCUT2D eigenvalue weighted by atomic mass is 10.1. The van der Waals surface area contributed by atoms with E-state index < -0.39 is 0 Å². The lowest BCUT2D eigenvalue weighted by Crippen LogP contribution is -2.33. The second kappa shape index (κ2) is 7.72. The highest BCUT2D eigenvalue weighted by Gasteiger charge is 2.09. The number of benzene rings is 1. The summed E-state index contributed by atoms with van der Waals surface area (Å²) in [5.74, 6) is -0.303. The fourth-order valence-corrected chi connectivity index (χ4v) is 2.50. The number of hydrogen-bond acceptors (Lipinski definition) is 4. The number of nitrogens with one attached hydrogen (secondary N) is 1. The van der Waals surface area contributed by atoms with Gasteiger partial charge in [0.05, 0.1) is 10.7 Å². The van der Waals surface area contributed by atoms with Crippen molar-refractivity contribution >= 4 is 17.5 Å². The number of aromatic nitrogens is 3. The molecular weight excluding hydrogens is 340 g/mol. The fourth-order valence-electron chi connectivity index (χ4n) is 2.27. The van der Waals surface area contributed by atoms with Crippen molar-refractivity contribution in [2.45, 2.75) is 13.1 Å². The van der Waals surface area contributed by atoms with E-state index in [0.29, 0.717) is 22.8 Å². The Bertz CT molecular complexity index is 941. The summed E-state index contributed by atoms with van der Waals surface area (Å²) in [6.07, 6.45) is 3.31. The molecule has 0 saturated carbocycles. The number of carbonyl (C=O) groups excluding carboxylic acids is 1. The van der Waals surface area contributed by atoms with Gasteiger partial charge in [0, 0.05) is 30.6 Å². The quantitative estimate of drug-likeness (QED) is 0.762. The van der Waals surface area contributed by atoms with Crippen LogP contribution in [-0.4, -0.2) is 20.7 Å². The zero-order chi connectivity index (χ0) is 17.6. The van der Waals surface area contributed by atoms with Gasteiger partial charge in [0.2, 0.25) is 5.91 Å². The summed E-state index contributed by atoms with van der Waals surface area (Å²) in [4.78, 5) is 28.0. The standard InChI is InChI=1S/C18H15ClN4O2/c19-15-4-2-1-3-14(15)16-5-6-18(25)23(22-16)12-17(24)21-11-13-7-9-20-10-8-13/h1-10H,11-12H2,(H,21,24). The first-order chi connectivity index (χ1) is 12.1. The number of hydrogen-bond donors (Lipinski definition) is 1. The minimum Gasteiger partial charge on any atom is -0.350 e. The first-order valence-corrected chi connectivity index (χ1v) is 8.00. The van der Waals surface area contributed by atoms with Gasteiger partial charge in [-0.15, -0.1) is 0 Å². The summed E-state index contributed by atoms with van der Waals surface area (Å²) in [5.41, 5.74) is 1.81. The molecule has 0 aliphatic carbocycles. The van der Waals surface area contributed by atoms with Crippen LogP contribution in [0.4, 0.5) is 0 Å². The van der Waals surface area contributed by atoms with Gasteiger partial charge in [0.1, 0.15) is 6.54 Å². The highest BCUT2D eigenvalue weighted by Crippen LogP contribution is 2.24. The first kappa shape index (κ1) is 16.9. The Morgan fingerprint density at radius 2 is 1.84 bits per heavy atom. The molecule has 0 radical (unpaired) electrons. The predicted molar refractivity (Wildman–Crippen MR) is 95.0 cm³/mol. The Morgan fingerprint density at radius 1 is 1.08 bits per heavy atom. The van der Waals surface area contributed by atoms with E-state index in [2.05, 4.69) is 15.4 Å². The molecule has 1 aromatic carbocycles. The highest BCUT2D eigenvalue weighted by atomic mass is 35.5. The minimum absolute atomic E-state index is 0.164. The molecule has 25 heavy (non-hydrogen) atoms. The van der Waals surface area contributed by atoms with E-state index in [4.69, 9.17) is 11.6 Å². The molecular formula is C18H15ClN4O2. The molecule has 0 fully saturated rings. The van der Waals surface area contributed by atoms with E-state index in [9.17, 15) is 9.59 Å². The third-order valence-corrected chi connectivity index (χ3v) is 3.88. The van der Waals surface area contributed by atoms with Crippen molar-refractivity contribution in [3.63, 3.8) is 0 Å².